The van der Waals surface area contributed by atoms with E-state index in [0.29, 0.717) is 5.06 Å². The van der Waals surface area contributed by atoms with E-state index in [0.717, 1.165) is 0 Å². The molecule has 15 heavy (non-hydrogen) atoms. The van der Waals surface area contributed by atoms with Gasteiger partial charge in [-0.1, -0.05) is 25.1 Å². The second-order valence-electron chi connectivity index (χ2n) is 3.12. The lowest BCUT2D eigenvalue weighted by molar-refractivity contribution is -0.166. The lowest BCUT2D eigenvalue weighted by Crippen LogP contribution is -2.53. The maximum Gasteiger partial charge on any atom is 0.359 e. The minimum absolute atomic E-state index is 0.131. The molecule has 0 aromatic heterocycles. The number of benzene rings is 1. The molecule has 5 heteroatoms. The number of hydrogen-bond acceptors (Lipinski definition) is 4. The van der Waals surface area contributed by atoms with Crippen LogP contribution in [0, 0.1) is 0 Å². The summed E-state index contributed by atoms with van der Waals surface area (Å²) in [6, 6.07) is 8.00. The quantitative estimate of drug-likeness (QED) is 0.512. The van der Waals surface area contributed by atoms with Crippen molar-refractivity contribution in [2.45, 2.75) is 19.1 Å². The standard InChI is InChI=1S/C10H13NO4/c1-2-10(14,9(12)13)11(15)8-6-4-3-5-7-8/h3-7,14-15H,2H2,1H3,(H,12,13)/t10-/m0/s1. The van der Waals surface area contributed by atoms with Crippen LogP contribution in [0.2, 0.25) is 0 Å². The number of aliphatic hydroxyl groups is 1. The van der Waals surface area contributed by atoms with Gasteiger partial charge in [-0.2, -0.15) is 0 Å². The highest BCUT2D eigenvalue weighted by Crippen LogP contribution is 2.22. The molecule has 5 nitrogen and oxygen atoms in total. The summed E-state index contributed by atoms with van der Waals surface area (Å²) in [6.45, 7) is 1.47. The molecule has 82 valence electrons. The number of anilines is 1. The van der Waals surface area contributed by atoms with E-state index in [-0.39, 0.29) is 12.1 Å². The van der Waals surface area contributed by atoms with E-state index in [1.54, 1.807) is 18.2 Å². The van der Waals surface area contributed by atoms with E-state index >= 15 is 0 Å². The third kappa shape index (κ3) is 2.08. The average molecular weight is 211 g/mol. The first-order chi connectivity index (χ1) is 7.02. The van der Waals surface area contributed by atoms with E-state index in [1.807, 2.05) is 0 Å². The Kier molecular flexibility index (Phi) is 3.28. The van der Waals surface area contributed by atoms with E-state index in [9.17, 15) is 15.1 Å². The first-order valence-electron chi connectivity index (χ1n) is 4.52. The van der Waals surface area contributed by atoms with Crippen LogP contribution in [0.25, 0.3) is 0 Å². The van der Waals surface area contributed by atoms with Gasteiger partial charge >= 0.3 is 5.97 Å². The first kappa shape index (κ1) is 11.5. The molecule has 1 atom stereocenters. The monoisotopic (exact) mass is 211 g/mol. The number of hydroxylamine groups is 1. The highest BCUT2D eigenvalue weighted by atomic mass is 16.6. The Hall–Kier alpha value is -1.59. The fraction of sp³-hybridized carbons (Fsp3) is 0.300. The van der Waals surface area contributed by atoms with Crippen molar-refractivity contribution in [3.05, 3.63) is 30.3 Å². The molecule has 0 aliphatic carbocycles. The Balaban J connectivity index is 3.02. The number of carbonyl (C=O) groups is 1. The van der Waals surface area contributed by atoms with Crippen LogP contribution in [0.15, 0.2) is 30.3 Å². The maximum absolute atomic E-state index is 10.8. The van der Waals surface area contributed by atoms with Gasteiger partial charge in [-0.3, -0.25) is 5.21 Å². The molecule has 3 N–H and O–H groups in total. The average Bonchev–Trinajstić information content (AvgIpc) is 2.28. The summed E-state index contributed by atoms with van der Waals surface area (Å²) in [5.74, 6) is -1.49. The molecule has 0 heterocycles. The van der Waals surface area contributed by atoms with Crippen molar-refractivity contribution in [2.75, 3.05) is 5.06 Å². The van der Waals surface area contributed by atoms with Crippen molar-refractivity contribution in [2.24, 2.45) is 0 Å². The van der Waals surface area contributed by atoms with E-state index in [1.165, 1.54) is 19.1 Å². The van der Waals surface area contributed by atoms with Gasteiger partial charge in [0.15, 0.2) is 0 Å². The van der Waals surface area contributed by atoms with Gasteiger partial charge in [-0.25, -0.2) is 9.86 Å². The highest BCUT2D eigenvalue weighted by molar-refractivity contribution is 5.80. The molecule has 0 unspecified atom stereocenters. The number of carboxylic acids is 1. The molecule has 0 amide bonds. The van der Waals surface area contributed by atoms with E-state index < -0.39 is 11.7 Å². The molecular formula is C10H13NO4. The zero-order chi connectivity index (χ0) is 11.5. The summed E-state index contributed by atoms with van der Waals surface area (Å²) in [5, 5.41) is 28.5. The third-order valence-corrected chi connectivity index (χ3v) is 2.19. The number of carboxylic acid groups (broad SMARTS) is 1. The molecule has 1 aromatic carbocycles. The topological polar surface area (TPSA) is 81.0 Å². The normalized spacial score (nSPS) is 14.3. The van der Waals surface area contributed by atoms with Crippen molar-refractivity contribution < 1.29 is 20.2 Å². The Morgan fingerprint density at radius 3 is 2.33 bits per heavy atom. The number of hydrogen-bond donors (Lipinski definition) is 3. The SMILES string of the molecule is CC[C@](O)(C(=O)O)N(O)c1ccccc1. The number of nitrogens with zero attached hydrogens (tertiary/aromatic N) is 1. The molecule has 0 fully saturated rings. The van der Waals surface area contributed by atoms with Crippen molar-refractivity contribution in [3.8, 4) is 0 Å². The van der Waals surface area contributed by atoms with E-state index in [2.05, 4.69) is 0 Å². The van der Waals surface area contributed by atoms with Gasteiger partial charge in [0.1, 0.15) is 0 Å². The fourth-order valence-electron chi connectivity index (χ4n) is 1.17. The number of rotatable bonds is 4. The predicted molar refractivity (Wildman–Crippen MR) is 53.6 cm³/mol. The molecular weight excluding hydrogens is 198 g/mol. The molecule has 0 saturated heterocycles. The third-order valence-electron chi connectivity index (χ3n) is 2.19. The van der Waals surface area contributed by atoms with Crippen LogP contribution in [-0.4, -0.2) is 27.1 Å². The molecule has 0 aliphatic heterocycles. The lowest BCUT2D eigenvalue weighted by atomic mass is 10.1. The summed E-state index contributed by atoms with van der Waals surface area (Å²) in [7, 11) is 0. The zero-order valence-corrected chi connectivity index (χ0v) is 8.29. The van der Waals surface area contributed by atoms with Gasteiger partial charge in [-0.05, 0) is 12.1 Å². The van der Waals surface area contributed by atoms with Gasteiger partial charge < -0.3 is 10.2 Å². The zero-order valence-electron chi connectivity index (χ0n) is 8.29. The van der Waals surface area contributed by atoms with Gasteiger partial charge in [-0.15, -0.1) is 0 Å². The molecule has 1 rings (SSSR count). The molecule has 1 aromatic rings. The Bertz CT molecular complexity index is 341. The minimum atomic E-state index is -2.29. The minimum Gasteiger partial charge on any atom is -0.478 e. The second-order valence-corrected chi connectivity index (χ2v) is 3.12. The predicted octanol–water partition coefficient (Wildman–Crippen LogP) is 1.07. The van der Waals surface area contributed by atoms with Crippen LogP contribution in [-0.2, 0) is 4.79 Å². The Morgan fingerprint density at radius 1 is 1.40 bits per heavy atom. The summed E-state index contributed by atoms with van der Waals surface area (Å²) < 4.78 is 0. The summed E-state index contributed by atoms with van der Waals surface area (Å²) in [5.41, 5.74) is -2.06. The van der Waals surface area contributed by atoms with E-state index in [4.69, 9.17) is 5.11 Å². The van der Waals surface area contributed by atoms with Crippen LogP contribution in [0.1, 0.15) is 13.3 Å². The maximum atomic E-state index is 10.8. The van der Waals surface area contributed by atoms with Crippen LogP contribution in [0.4, 0.5) is 5.69 Å². The largest absolute Gasteiger partial charge is 0.478 e. The van der Waals surface area contributed by atoms with Crippen molar-refractivity contribution >= 4 is 11.7 Å². The number of aliphatic carboxylic acids is 1. The second kappa shape index (κ2) is 4.29. The van der Waals surface area contributed by atoms with Crippen molar-refractivity contribution in [1.29, 1.82) is 0 Å². The van der Waals surface area contributed by atoms with Gasteiger partial charge in [0, 0.05) is 6.42 Å². The summed E-state index contributed by atoms with van der Waals surface area (Å²) in [6.07, 6.45) is -0.131. The first-order valence-corrected chi connectivity index (χ1v) is 4.52. The molecule has 0 bridgehead atoms. The molecule has 0 radical (unpaired) electrons. The van der Waals surface area contributed by atoms with Gasteiger partial charge in [0.25, 0.3) is 5.72 Å². The van der Waals surface area contributed by atoms with Gasteiger partial charge in [0.2, 0.25) is 0 Å². The fourth-order valence-corrected chi connectivity index (χ4v) is 1.17. The van der Waals surface area contributed by atoms with Crippen molar-refractivity contribution in [3.63, 3.8) is 0 Å². The Morgan fingerprint density at radius 2 is 1.93 bits per heavy atom. The smallest absolute Gasteiger partial charge is 0.359 e. The van der Waals surface area contributed by atoms with Crippen LogP contribution < -0.4 is 5.06 Å². The molecule has 0 aliphatic rings. The van der Waals surface area contributed by atoms with Crippen molar-refractivity contribution in [1.82, 2.24) is 0 Å². The summed E-state index contributed by atoms with van der Waals surface area (Å²) in [4.78, 5) is 10.8. The van der Waals surface area contributed by atoms with Gasteiger partial charge in [0.05, 0.1) is 5.69 Å². The molecule has 0 saturated carbocycles. The van der Waals surface area contributed by atoms with Crippen LogP contribution in [0.3, 0.4) is 0 Å². The lowest BCUT2D eigenvalue weighted by Gasteiger charge is -2.31. The number of para-hydroxylation sites is 1. The van der Waals surface area contributed by atoms with Crippen LogP contribution in [0.5, 0.6) is 0 Å². The van der Waals surface area contributed by atoms with Crippen LogP contribution >= 0.6 is 0 Å². The summed E-state index contributed by atoms with van der Waals surface area (Å²) >= 11 is 0. The Labute approximate surface area is 87.1 Å². The molecule has 0 spiro atoms. The highest BCUT2D eigenvalue weighted by Gasteiger charge is 2.40.